The van der Waals surface area contributed by atoms with Gasteiger partial charge in [0.25, 0.3) is 0 Å². The minimum atomic E-state index is -0.779. The van der Waals surface area contributed by atoms with Gasteiger partial charge in [-0.1, -0.05) is 0 Å². The van der Waals surface area contributed by atoms with E-state index in [-0.39, 0.29) is 0 Å². The van der Waals surface area contributed by atoms with Crippen molar-refractivity contribution in [3.8, 4) is 0 Å². The summed E-state index contributed by atoms with van der Waals surface area (Å²) >= 11 is 0. The third-order valence-electron chi connectivity index (χ3n) is 1.85. The highest BCUT2D eigenvalue weighted by Crippen LogP contribution is 1.98. The molecule has 1 aromatic heterocycles. The summed E-state index contributed by atoms with van der Waals surface area (Å²) in [5.74, 6) is 1.27. The number of nitrogens with two attached hydrogens (primary N) is 1. The maximum atomic E-state index is 11.3. The fraction of sp³-hybridized carbons (Fsp3) is 0.625. The van der Waals surface area contributed by atoms with Crippen LogP contribution in [-0.2, 0) is 24.3 Å². The topological polar surface area (TPSA) is 60.9 Å². The van der Waals surface area contributed by atoms with E-state index in [2.05, 4.69) is 5.10 Å². The number of hydrogen-bond acceptors (Lipinski definition) is 3. The second kappa shape index (κ2) is 5.14. The van der Waals surface area contributed by atoms with Gasteiger partial charge < -0.3 is 5.73 Å². The fourth-order valence-electron chi connectivity index (χ4n) is 1.10. The first-order valence-corrected chi connectivity index (χ1v) is 5.74. The molecule has 0 aliphatic rings. The Bertz CT molecular complexity index is 285. The number of aromatic nitrogens is 2. The predicted octanol–water partition coefficient (Wildman–Crippen LogP) is -0.330. The van der Waals surface area contributed by atoms with Crippen LogP contribution >= 0.6 is 0 Å². The predicted molar refractivity (Wildman–Crippen MR) is 53.8 cm³/mol. The summed E-state index contributed by atoms with van der Waals surface area (Å²) in [6.07, 6.45) is 2.56. The molecule has 1 unspecified atom stereocenters. The quantitative estimate of drug-likeness (QED) is 0.709. The van der Waals surface area contributed by atoms with E-state index in [1.807, 2.05) is 13.1 Å². The molecule has 0 radical (unpaired) electrons. The average molecular weight is 201 g/mol. The van der Waals surface area contributed by atoms with Crippen molar-refractivity contribution in [3.05, 3.63) is 18.0 Å². The van der Waals surface area contributed by atoms with Gasteiger partial charge in [0.2, 0.25) is 0 Å². The van der Waals surface area contributed by atoms with Crippen molar-refractivity contribution in [2.45, 2.75) is 6.42 Å². The molecule has 0 amide bonds. The first-order valence-electron chi connectivity index (χ1n) is 4.26. The van der Waals surface area contributed by atoms with Crippen molar-refractivity contribution in [1.82, 2.24) is 9.78 Å². The van der Waals surface area contributed by atoms with Gasteiger partial charge >= 0.3 is 0 Å². The van der Waals surface area contributed by atoms with Crippen LogP contribution in [0.15, 0.2) is 12.3 Å². The van der Waals surface area contributed by atoms with Gasteiger partial charge in [-0.05, 0) is 6.07 Å². The molecule has 13 heavy (non-hydrogen) atoms. The Morgan fingerprint density at radius 2 is 2.38 bits per heavy atom. The zero-order valence-corrected chi connectivity index (χ0v) is 8.59. The molecule has 1 rings (SSSR count). The highest BCUT2D eigenvalue weighted by Gasteiger charge is 2.02. The van der Waals surface area contributed by atoms with Gasteiger partial charge in [0.15, 0.2) is 0 Å². The Labute approximate surface area is 80.6 Å². The van der Waals surface area contributed by atoms with Crippen LogP contribution < -0.4 is 5.73 Å². The van der Waals surface area contributed by atoms with Crippen LogP contribution in [0.2, 0.25) is 0 Å². The summed E-state index contributed by atoms with van der Waals surface area (Å²) in [4.78, 5) is 0. The van der Waals surface area contributed by atoms with Crippen LogP contribution in [0.5, 0.6) is 0 Å². The molecule has 0 saturated carbocycles. The van der Waals surface area contributed by atoms with Gasteiger partial charge in [-0.25, -0.2) is 0 Å². The molecule has 1 aromatic rings. The van der Waals surface area contributed by atoms with Crippen molar-refractivity contribution in [1.29, 1.82) is 0 Å². The SMILES string of the molecule is Cn1nccc1CCS(=O)CCN. The summed E-state index contributed by atoms with van der Waals surface area (Å²) in [6, 6.07) is 1.94. The molecule has 0 aliphatic heterocycles. The van der Waals surface area contributed by atoms with E-state index >= 15 is 0 Å². The molecule has 0 bridgehead atoms. The molecule has 2 N–H and O–H groups in total. The monoisotopic (exact) mass is 201 g/mol. The minimum absolute atomic E-state index is 0.498. The molecule has 0 spiro atoms. The first-order chi connectivity index (χ1) is 6.24. The van der Waals surface area contributed by atoms with E-state index in [0.717, 1.165) is 12.1 Å². The largest absolute Gasteiger partial charge is 0.330 e. The number of rotatable bonds is 5. The van der Waals surface area contributed by atoms with E-state index in [9.17, 15) is 4.21 Å². The molecule has 1 heterocycles. The van der Waals surface area contributed by atoms with Crippen LogP contribution in [0.1, 0.15) is 5.69 Å². The Hall–Kier alpha value is -0.680. The van der Waals surface area contributed by atoms with Crippen molar-refractivity contribution in [2.24, 2.45) is 12.8 Å². The number of hydrogen-bond donors (Lipinski definition) is 1. The molecule has 0 fully saturated rings. The van der Waals surface area contributed by atoms with Crippen molar-refractivity contribution < 1.29 is 4.21 Å². The highest BCUT2D eigenvalue weighted by molar-refractivity contribution is 7.84. The lowest BCUT2D eigenvalue weighted by Gasteiger charge is -2.01. The van der Waals surface area contributed by atoms with Gasteiger partial charge in [0.1, 0.15) is 0 Å². The lowest BCUT2D eigenvalue weighted by molar-refractivity contribution is 0.677. The first kappa shape index (κ1) is 10.4. The number of aryl methyl sites for hydroxylation is 2. The molecule has 0 aliphatic carbocycles. The van der Waals surface area contributed by atoms with Crippen molar-refractivity contribution in [3.63, 3.8) is 0 Å². The van der Waals surface area contributed by atoms with Gasteiger partial charge in [-0.2, -0.15) is 5.10 Å². The molecule has 0 saturated heterocycles. The van der Waals surface area contributed by atoms with Crippen LogP contribution in [0.25, 0.3) is 0 Å². The average Bonchev–Trinajstić information content (AvgIpc) is 2.48. The molecule has 1 atom stereocenters. The zero-order chi connectivity index (χ0) is 9.68. The molecule has 5 heteroatoms. The molecule has 0 aromatic carbocycles. The summed E-state index contributed by atoms with van der Waals surface area (Å²) < 4.78 is 13.1. The second-order valence-electron chi connectivity index (χ2n) is 2.83. The second-order valence-corrected chi connectivity index (χ2v) is 4.53. The van der Waals surface area contributed by atoms with Crippen molar-refractivity contribution >= 4 is 10.8 Å². The van der Waals surface area contributed by atoms with E-state index < -0.39 is 10.8 Å². The normalized spacial score (nSPS) is 13.1. The Kier molecular flexibility index (Phi) is 4.11. The van der Waals surface area contributed by atoms with Gasteiger partial charge in [-0.15, -0.1) is 0 Å². The lowest BCUT2D eigenvalue weighted by Crippen LogP contribution is -2.14. The third-order valence-corrected chi connectivity index (χ3v) is 3.20. The van der Waals surface area contributed by atoms with Gasteiger partial charge in [0, 0.05) is 54.2 Å². The van der Waals surface area contributed by atoms with Crippen molar-refractivity contribution in [2.75, 3.05) is 18.1 Å². The van der Waals surface area contributed by atoms with Crippen LogP contribution in [0.3, 0.4) is 0 Å². The summed E-state index contributed by atoms with van der Waals surface area (Å²) in [7, 11) is 1.11. The van der Waals surface area contributed by atoms with E-state index in [1.165, 1.54) is 0 Å². The third kappa shape index (κ3) is 3.28. The van der Waals surface area contributed by atoms with Gasteiger partial charge in [0.05, 0.1) is 0 Å². The highest BCUT2D eigenvalue weighted by atomic mass is 32.2. The Morgan fingerprint density at radius 3 is 2.92 bits per heavy atom. The maximum Gasteiger partial charge on any atom is 0.0492 e. The zero-order valence-electron chi connectivity index (χ0n) is 7.77. The summed E-state index contributed by atoms with van der Waals surface area (Å²) in [5.41, 5.74) is 6.41. The Balaban J connectivity index is 2.35. The maximum absolute atomic E-state index is 11.3. The van der Waals surface area contributed by atoms with Crippen LogP contribution in [0, 0.1) is 0 Å². The van der Waals surface area contributed by atoms with E-state index in [0.29, 0.717) is 18.1 Å². The minimum Gasteiger partial charge on any atom is -0.330 e. The standard InChI is InChI=1S/C8H15N3OS/c1-11-8(2-5-10-11)3-6-13(12)7-4-9/h2,5H,3-4,6-7,9H2,1H3. The number of nitrogens with zero attached hydrogens (tertiary/aromatic N) is 2. The van der Waals surface area contributed by atoms with Crippen LogP contribution in [-0.4, -0.2) is 32.0 Å². The summed E-state index contributed by atoms with van der Waals surface area (Å²) in [5, 5.41) is 4.03. The molecular formula is C8H15N3OS. The van der Waals surface area contributed by atoms with Crippen LogP contribution in [0.4, 0.5) is 0 Å². The summed E-state index contributed by atoms with van der Waals surface area (Å²) in [6.45, 7) is 0.498. The molecule has 4 nitrogen and oxygen atoms in total. The lowest BCUT2D eigenvalue weighted by atomic mass is 10.3. The Morgan fingerprint density at radius 1 is 1.62 bits per heavy atom. The molecular weight excluding hydrogens is 186 g/mol. The van der Waals surface area contributed by atoms with E-state index in [1.54, 1.807) is 10.9 Å². The fourth-order valence-corrected chi connectivity index (χ4v) is 2.00. The molecule has 74 valence electrons. The van der Waals surface area contributed by atoms with Gasteiger partial charge in [-0.3, -0.25) is 8.89 Å². The van der Waals surface area contributed by atoms with E-state index in [4.69, 9.17) is 5.73 Å². The smallest absolute Gasteiger partial charge is 0.0492 e.